The molecule has 2 aromatic rings. The van der Waals surface area contributed by atoms with Crippen LogP contribution in [0.1, 0.15) is 19.0 Å². The van der Waals surface area contributed by atoms with Gasteiger partial charge in [-0.1, -0.05) is 6.07 Å². The highest BCUT2D eigenvalue weighted by molar-refractivity contribution is 7.91. The molecule has 3 heterocycles. The van der Waals surface area contributed by atoms with Crippen molar-refractivity contribution < 1.29 is 8.42 Å². The Morgan fingerprint density at radius 2 is 2.12 bits per heavy atom. The van der Waals surface area contributed by atoms with Crippen LogP contribution in [-0.2, 0) is 16.4 Å². The molecule has 1 unspecified atom stereocenters. The normalized spacial score (nSPS) is 19.1. The van der Waals surface area contributed by atoms with Crippen molar-refractivity contribution in [3.8, 4) is 0 Å². The average molecular weight is 347 g/mol. The monoisotopic (exact) mass is 347 g/mol. The number of anilines is 2. The lowest BCUT2D eigenvalue weighted by molar-refractivity contribution is 0.599. The second-order valence-corrected chi connectivity index (χ2v) is 7.98. The Hall–Kier alpha value is -2.22. The summed E-state index contributed by atoms with van der Waals surface area (Å²) in [7, 11) is -2.92. The largest absolute Gasteiger partial charge is 0.353 e. The number of nitrogens with zero attached hydrogens (tertiary/aromatic N) is 4. The second-order valence-electron chi connectivity index (χ2n) is 5.76. The van der Waals surface area contributed by atoms with Gasteiger partial charge in [-0.3, -0.25) is 4.98 Å². The van der Waals surface area contributed by atoms with Crippen molar-refractivity contribution in [2.24, 2.45) is 0 Å². The fourth-order valence-corrected chi connectivity index (χ4v) is 4.63. The van der Waals surface area contributed by atoms with Crippen LogP contribution in [0.15, 0.2) is 36.7 Å². The van der Waals surface area contributed by atoms with Crippen LogP contribution in [0, 0.1) is 0 Å². The number of hydrogen-bond donors (Lipinski definition) is 1. The SMILES string of the molecule is CCN(c1ccnc(NCc2ccccn2)n1)C1CCS(=O)(=O)C1. The van der Waals surface area contributed by atoms with Gasteiger partial charge < -0.3 is 10.2 Å². The van der Waals surface area contributed by atoms with Crippen LogP contribution in [0.25, 0.3) is 0 Å². The Balaban J connectivity index is 1.71. The van der Waals surface area contributed by atoms with E-state index in [1.807, 2.05) is 36.1 Å². The van der Waals surface area contributed by atoms with Gasteiger partial charge in [-0.05, 0) is 31.5 Å². The predicted octanol–water partition coefficient (Wildman–Crippen LogP) is 1.50. The molecule has 1 atom stereocenters. The lowest BCUT2D eigenvalue weighted by Gasteiger charge is -2.28. The fourth-order valence-electron chi connectivity index (χ4n) is 2.90. The van der Waals surface area contributed by atoms with Gasteiger partial charge in [0.05, 0.1) is 23.7 Å². The molecule has 8 heteroatoms. The van der Waals surface area contributed by atoms with Crippen molar-refractivity contribution in [2.45, 2.75) is 25.9 Å². The van der Waals surface area contributed by atoms with Gasteiger partial charge in [-0.15, -0.1) is 0 Å². The molecular weight excluding hydrogens is 326 g/mol. The van der Waals surface area contributed by atoms with Crippen LogP contribution in [0.5, 0.6) is 0 Å². The van der Waals surface area contributed by atoms with Gasteiger partial charge in [-0.2, -0.15) is 4.98 Å². The molecule has 0 aliphatic carbocycles. The summed E-state index contributed by atoms with van der Waals surface area (Å²) in [6, 6.07) is 7.54. The van der Waals surface area contributed by atoms with Crippen molar-refractivity contribution in [1.82, 2.24) is 15.0 Å². The maximum Gasteiger partial charge on any atom is 0.224 e. The average Bonchev–Trinajstić information content (AvgIpc) is 2.95. The number of sulfone groups is 1. The Morgan fingerprint density at radius 1 is 1.25 bits per heavy atom. The Bertz CT molecular complexity index is 782. The summed E-state index contributed by atoms with van der Waals surface area (Å²) in [4.78, 5) is 15.1. The number of nitrogens with one attached hydrogen (secondary N) is 1. The van der Waals surface area contributed by atoms with Gasteiger partial charge >= 0.3 is 0 Å². The van der Waals surface area contributed by atoms with E-state index in [0.717, 1.165) is 11.5 Å². The summed E-state index contributed by atoms with van der Waals surface area (Å²) in [6.45, 7) is 3.25. The molecule has 1 N–H and O–H groups in total. The summed E-state index contributed by atoms with van der Waals surface area (Å²) in [6.07, 6.45) is 4.08. The van der Waals surface area contributed by atoms with E-state index >= 15 is 0 Å². The summed E-state index contributed by atoms with van der Waals surface area (Å²) < 4.78 is 23.5. The molecule has 7 nitrogen and oxygen atoms in total. The first kappa shape index (κ1) is 16.6. The molecule has 1 fully saturated rings. The number of hydrogen-bond acceptors (Lipinski definition) is 7. The van der Waals surface area contributed by atoms with E-state index in [9.17, 15) is 8.42 Å². The van der Waals surface area contributed by atoms with E-state index in [1.54, 1.807) is 12.4 Å². The summed E-state index contributed by atoms with van der Waals surface area (Å²) >= 11 is 0. The molecule has 128 valence electrons. The van der Waals surface area contributed by atoms with Gasteiger partial charge in [0.15, 0.2) is 9.84 Å². The molecule has 0 amide bonds. The molecule has 0 bridgehead atoms. The maximum atomic E-state index is 11.7. The maximum absolute atomic E-state index is 11.7. The van der Waals surface area contributed by atoms with E-state index in [1.165, 1.54) is 0 Å². The van der Waals surface area contributed by atoms with Gasteiger partial charge in [0.25, 0.3) is 0 Å². The van der Waals surface area contributed by atoms with E-state index in [2.05, 4.69) is 20.3 Å². The van der Waals surface area contributed by atoms with Crippen molar-refractivity contribution in [2.75, 3.05) is 28.3 Å². The van der Waals surface area contributed by atoms with Crippen LogP contribution >= 0.6 is 0 Å². The smallest absolute Gasteiger partial charge is 0.224 e. The summed E-state index contributed by atoms with van der Waals surface area (Å²) in [5.74, 6) is 1.71. The van der Waals surface area contributed by atoms with Crippen LogP contribution in [0.4, 0.5) is 11.8 Å². The van der Waals surface area contributed by atoms with E-state index in [-0.39, 0.29) is 17.5 Å². The van der Waals surface area contributed by atoms with Crippen molar-refractivity contribution in [3.05, 3.63) is 42.4 Å². The van der Waals surface area contributed by atoms with Crippen LogP contribution in [0.3, 0.4) is 0 Å². The van der Waals surface area contributed by atoms with Gasteiger partial charge in [-0.25, -0.2) is 13.4 Å². The zero-order valence-electron chi connectivity index (χ0n) is 13.6. The minimum Gasteiger partial charge on any atom is -0.353 e. The van der Waals surface area contributed by atoms with Crippen LogP contribution in [-0.4, -0.2) is 47.5 Å². The lowest BCUT2D eigenvalue weighted by Crippen LogP contribution is -2.36. The predicted molar refractivity (Wildman–Crippen MR) is 93.7 cm³/mol. The second kappa shape index (κ2) is 7.12. The Morgan fingerprint density at radius 3 is 2.79 bits per heavy atom. The molecule has 0 radical (unpaired) electrons. The molecule has 0 aromatic carbocycles. The summed E-state index contributed by atoms with van der Waals surface area (Å²) in [5.41, 5.74) is 0.903. The zero-order valence-corrected chi connectivity index (χ0v) is 14.4. The zero-order chi connectivity index (χ0) is 17.0. The van der Waals surface area contributed by atoms with E-state index in [0.29, 0.717) is 25.5 Å². The molecule has 1 saturated heterocycles. The molecule has 1 aliphatic heterocycles. The minimum absolute atomic E-state index is 0.0152. The van der Waals surface area contributed by atoms with Crippen molar-refractivity contribution in [1.29, 1.82) is 0 Å². The standard InChI is InChI=1S/C16H21N5O2S/c1-2-21(14-7-10-24(22,23)12-14)15-6-9-18-16(20-15)19-11-13-5-3-4-8-17-13/h3-6,8-9,14H,2,7,10-12H2,1H3,(H,18,19,20). The van der Waals surface area contributed by atoms with Gasteiger partial charge in [0.1, 0.15) is 5.82 Å². The number of aromatic nitrogens is 3. The molecule has 0 saturated carbocycles. The van der Waals surface area contributed by atoms with E-state index in [4.69, 9.17) is 0 Å². The first-order valence-corrected chi connectivity index (χ1v) is 9.83. The highest BCUT2D eigenvalue weighted by Gasteiger charge is 2.32. The Labute approximate surface area is 142 Å². The Kier molecular flexibility index (Phi) is 4.94. The van der Waals surface area contributed by atoms with Crippen molar-refractivity contribution in [3.63, 3.8) is 0 Å². The van der Waals surface area contributed by atoms with E-state index < -0.39 is 9.84 Å². The third-order valence-electron chi connectivity index (χ3n) is 4.08. The van der Waals surface area contributed by atoms with Crippen LogP contribution in [0.2, 0.25) is 0 Å². The highest BCUT2D eigenvalue weighted by Crippen LogP contribution is 2.23. The molecule has 1 aliphatic rings. The summed E-state index contributed by atoms with van der Waals surface area (Å²) in [5, 5.41) is 3.16. The number of rotatable bonds is 6. The van der Waals surface area contributed by atoms with Gasteiger partial charge in [0.2, 0.25) is 5.95 Å². The third kappa shape index (κ3) is 4.00. The molecule has 0 spiro atoms. The minimum atomic E-state index is -2.92. The van der Waals surface area contributed by atoms with Crippen molar-refractivity contribution >= 4 is 21.6 Å². The first-order chi connectivity index (χ1) is 11.6. The molecule has 24 heavy (non-hydrogen) atoms. The lowest BCUT2D eigenvalue weighted by atomic mass is 10.2. The number of pyridine rings is 1. The molecule has 2 aromatic heterocycles. The fraction of sp³-hybridized carbons (Fsp3) is 0.438. The first-order valence-electron chi connectivity index (χ1n) is 8.01. The third-order valence-corrected chi connectivity index (χ3v) is 5.83. The van der Waals surface area contributed by atoms with Crippen LogP contribution < -0.4 is 10.2 Å². The molecule has 3 rings (SSSR count). The topological polar surface area (TPSA) is 88.1 Å². The highest BCUT2D eigenvalue weighted by atomic mass is 32.2. The quantitative estimate of drug-likeness (QED) is 0.847. The van der Waals surface area contributed by atoms with Gasteiger partial charge in [0, 0.05) is 25.0 Å². The molecular formula is C16H21N5O2S.